The van der Waals surface area contributed by atoms with Gasteiger partial charge in [0.15, 0.2) is 0 Å². The van der Waals surface area contributed by atoms with Gasteiger partial charge in [0.1, 0.15) is 0 Å². The number of hydrogen-bond donors (Lipinski definition) is 2. The Morgan fingerprint density at radius 1 is 1.14 bits per heavy atom. The van der Waals surface area contributed by atoms with Crippen molar-refractivity contribution in [2.24, 2.45) is 17.6 Å². The smallest absolute Gasteiger partial charge is 0.0565 e. The van der Waals surface area contributed by atoms with Crippen molar-refractivity contribution < 1.29 is 5.11 Å². The Balaban J connectivity index is 3.86. The molecule has 2 nitrogen and oxygen atoms in total. The molecule has 86 valence electrons. The molecule has 0 spiro atoms. The van der Waals surface area contributed by atoms with Crippen molar-refractivity contribution in [3.05, 3.63) is 0 Å². The van der Waals surface area contributed by atoms with Crippen LogP contribution in [0, 0.1) is 11.8 Å². The van der Waals surface area contributed by atoms with Crippen LogP contribution in [0.1, 0.15) is 34.1 Å². The quantitative estimate of drug-likeness (QED) is 0.689. The highest BCUT2D eigenvalue weighted by atomic mass is 32.2. The van der Waals surface area contributed by atoms with Crippen LogP contribution in [0.4, 0.5) is 0 Å². The summed E-state index contributed by atoms with van der Waals surface area (Å²) in [5.41, 5.74) is 6.03. The molecule has 2 unspecified atom stereocenters. The molecule has 0 rings (SSSR count). The maximum atomic E-state index is 9.22. The molecular formula is C11H25NOS. The zero-order valence-electron chi connectivity index (χ0n) is 9.86. The number of aliphatic hydroxyl groups excluding tert-OH is 1. The van der Waals surface area contributed by atoms with Gasteiger partial charge in [0.05, 0.1) is 6.61 Å². The molecule has 2 atom stereocenters. The lowest BCUT2D eigenvalue weighted by Gasteiger charge is -2.23. The maximum Gasteiger partial charge on any atom is 0.0565 e. The highest BCUT2D eigenvalue weighted by Gasteiger charge is 2.18. The summed E-state index contributed by atoms with van der Waals surface area (Å²) in [4.78, 5) is 0. The summed E-state index contributed by atoms with van der Waals surface area (Å²) in [5.74, 6) is 2.36. The van der Waals surface area contributed by atoms with E-state index in [1.165, 1.54) is 0 Å². The van der Waals surface area contributed by atoms with Crippen LogP contribution >= 0.6 is 11.8 Å². The summed E-state index contributed by atoms with van der Waals surface area (Å²) in [5, 5.41) is 9.43. The molecule has 3 N–H and O–H groups in total. The molecule has 0 aliphatic carbocycles. The van der Waals surface area contributed by atoms with Gasteiger partial charge >= 0.3 is 0 Å². The van der Waals surface area contributed by atoms with E-state index in [2.05, 4.69) is 27.7 Å². The number of thioether (sulfide) groups is 1. The molecule has 0 aliphatic rings. The molecule has 0 aromatic rings. The van der Waals surface area contributed by atoms with Crippen LogP contribution in [0.2, 0.25) is 0 Å². The Labute approximate surface area is 92.6 Å². The van der Waals surface area contributed by atoms with Gasteiger partial charge in [-0.1, -0.05) is 27.7 Å². The van der Waals surface area contributed by atoms with Gasteiger partial charge in [-0.2, -0.15) is 11.8 Å². The molecule has 0 amide bonds. The number of aliphatic hydroxyl groups is 1. The highest BCUT2D eigenvalue weighted by molar-refractivity contribution is 8.00. The van der Waals surface area contributed by atoms with Gasteiger partial charge in [-0.3, -0.25) is 0 Å². The van der Waals surface area contributed by atoms with Gasteiger partial charge in [-0.05, 0) is 24.0 Å². The van der Waals surface area contributed by atoms with Gasteiger partial charge in [0.2, 0.25) is 0 Å². The van der Waals surface area contributed by atoms with Gasteiger partial charge < -0.3 is 10.8 Å². The predicted molar refractivity (Wildman–Crippen MR) is 65.6 cm³/mol. The summed E-state index contributed by atoms with van der Waals surface area (Å²) in [6.45, 7) is 8.92. The maximum absolute atomic E-state index is 9.22. The van der Waals surface area contributed by atoms with E-state index in [1.54, 1.807) is 11.8 Å². The van der Waals surface area contributed by atoms with Crippen molar-refractivity contribution in [2.75, 3.05) is 12.4 Å². The minimum Gasteiger partial charge on any atom is -0.395 e. The lowest BCUT2D eigenvalue weighted by Crippen LogP contribution is -2.36. The molecule has 0 aromatic carbocycles. The predicted octanol–water partition coefficient (Wildman–Crippen LogP) is 2.11. The van der Waals surface area contributed by atoms with E-state index in [-0.39, 0.29) is 17.9 Å². The van der Waals surface area contributed by atoms with E-state index in [4.69, 9.17) is 5.73 Å². The lowest BCUT2D eigenvalue weighted by molar-refractivity contribution is 0.275. The molecule has 0 saturated heterocycles. The molecule has 0 aliphatic heterocycles. The standard InChI is InChI=1S/C11H25NOS/c1-8(2)5-10(12)11(6-13)14-7-9(3)4/h8-11,13H,5-7,12H2,1-4H3. The van der Waals surface area contributed by atoms with Gasteiger partial charge in [0.25, 0.3) is 0 Å². The fraction of sp³-hybridized carbons (Fsp3) is 1.00. The van der Waals surface area contributed by atoms with Crippen molar-refractivity contribution >= 4 is 11.8 Å². The van der Waals surface area contributed by atoms with Crippen LogP contribution in [-0.2, 0) is 0 Å². The molecule has 14 heavy (non-hydrogen) atoms. The van der Waals surface area contributed by atoms with E-state index < -0.39 is 0 Å². The van der Waals surface area contributed by atoms with Crippen LogP contribution in [0.15, 0.2) is 0 Å². The Morgan fingerprint density at radius 3 is 2.07 bits per heavy atom. The zero-order valence-corrected chi connectivity index (χ0v) is 10.7. The van der Waals surface area contributed by atoms with E-state index in [9.17, 15) is 5.11 Å². The summed E-state index contributed by atoms with van der Waals surface area (Å²) in [7, 11) is 0. The van der Waals surface area contributed by atoms with Gasteiger partial charge in [-0.15, -0.1) is 0 Å². The second-order valence-electron chi connectivity index (χ2n) is 4.74. The molecule has 3 heteroatoms. The summed E-state index contributed by atoms with van der Waals surface area (Å²) in [6.07, 6.45) is 0.996. The third kappa shape index (κ3) is 6.68. The summed E-state index contributed by atoms with van der Waals surface area (Å²) in [6, 6.07) is 0.128. The van der Waals surface area contributed by atoms with Crippen molar-refractivity contribution in [2.45, 2.75) is 45.4 Å². The van der Waals surface area contributed by atoms with Crippen molar-refractivity contribution in [3.8, 4) is 0 Å². The topological polar surface area (TPSA) is 46.2 Å². The first kappa shape index (κ1) is 14.3. The second-order valence-corrected chi connectivity index (χ2v) is 6.01. The summed E-state index contributed by atoms with van der Waals surface area (Å²) < 4.78 is 0. The average molecular weight is 219 g/mol. The van der Waals surface area contributed by atoms with Crippen molar-refractivity contribution in [1.82, 2.24) is 0 Å². The van der Waals surface area contributed by atoms with Gasteiger partial charge in [0, 0.05) is 11.3 Å². The third-order valence-corrected chi connectivity index (χ3v) is 3.83. The molecule has 0 radical (unpaired) electrons. The molecular weight excluding hydrogens is 194 g/mol. The second kappa shape index (κ2) is 7.55. The van der Waals surface area contributed by atoms with Crippen LogP contribution in [0.25, 0.3) is 0 Å². The normalized spacial score (nSPS) is 16.3. The first-order valence-electron chi connectivity index (χ1n) is 5.45. The Kier molecular flexibility index (Phi) is 7.69. The fourth-order valence-electron chi connectivity index (χ4n) is 1.32. The molecule has 0 fully saturated rings. The molecule has 0 aromatic heterocycles. The van der Waals surface area contributed by atoms with Crippen LogP contribution in [-0.4, -0.2) is 28.8 Å². The first-order chi connectivity index (χ1) is 6.47. The first-order valence-corrected chi connectivity index (χ1v) is 6.50. The minimum atomic E-state index is 0.128. The fourth-order valence-corrected chi connectivity index (χ4v) is 2.42. The van der Waals surface area contributed by atoms with E-state index in [1.807, 2.05) is 0 Å². The Morgan fingerprint density at radius 2 is 1.71 bits per heavy atom. The van der Waals surface area contributed by atoms with Gasteiger partial charge in [-0.25, -0.2) is 0 Å². The SMILES string of the molecule is CC(C)CSC(CO)C(N)CC(C)C. The van der Waals surface area contributed by atoms with Crippen molar-refractivity contribution in [1.29, 1.82) is 0 Å². The average Bonchev–Trinajstić information content (AvgIpc) is 2.03. The third-order valence-electron chi connectivity index (χ3n) is 2.04. The van der Waals surface area contributed by atoms with Crippen molar-refractivity contribution in [3.63, 3.8) is 0 Å². The number of rotatable bonds is 7. The Hall–Kier alpha value is 0.270. The number of hydrogen-bond acceptors (Lipinski definition) is 3. The monoisotopic (exact) mass is 219 g/mol. The van der Waals surface area contributed by atoms with E-state index >= 15 is 0 Å². The molecule has 0 saturated carbocycles. The van der Waals surface area contributed by atoms with E-state index in [0.29, 0.717) is 11.8 Å². The summed E-state index contributed by atoms with van der Waals surface area (Å²) >= 11 is 1.80. The largest absolute Gasteiger partial charge is 0.395 e. The van der Waals surface area contributed by atoms with E-state index in [0.717, 1.165) is 12.2 Å². The van der Waals surface area contributed by atoms with Crippen LogP contribution in [0.5, 0.6) is 0 Å². The Bertz CT molecular complexity index is 139. The van der Waals surface area contributed by atoms with Crippen LogP contribution in [0.3, 0.4) is 0 Å². The molecule has 0 bridgehead atoms. The zero-order chi connectivity index (χ0) is 11.1. The minimum absolute atomic E-state index is 0.128. The number of nitrogens with two attached hydrogens (primary N) is 1. The lowest BCUT2D eigenvalue weighted by atomic mass is 10.0. The highest BCUT2D eigenvalue weighted by Crippen LogP contribution is 2.20. The molecule has 0 heterocycles. The van der Waals surface area contributed by atoms with Crippen LogP contribution < -0.4 is 5.73 Å².